The molecule has 1 unspecified atom stereocenters. The zero-order valence-electron chi connectivity index (χ0n) is 16.8. The summed E-state index contributed by atoms with van der Waals surface area (Å²) in [6.07, 6.45) is 4.90. The maximum absolute atomic E-state index is 12.4. The van der Waals surface area contributed by atoms with Gasteiger partial charge in [-0.05, 0) is 68.0 Å². The van der Waals surface area contributed by atoms with Crippen molar-refractivity contribution in [2.45, 2.75) is 51.2 Å². The van der Waals surface area contributed by atoms with Crippen molar-refractivity contribution >= 4 is 11.9 Å². The number of aromatic carboxylic acids is 1. The van der Waals surface area contributed by atoms with Gasteiger partial charge in [0.15, 0.2) is 11.5 Å². The summed E-state index contributed by atoms with van der Waals surface area (Å²) in [5.41, 5.74) is 1.74. The Kier molecular flexibility index (Phi) is 6.75. The minimum Gasteiger partial charge on any atom is -0.493 e. The molecule has 3 rings (SSSR count). The van der Waals surface area contributed by atoms with E-state index in [1.165, 1.54) is 25.0 Å². The van der Waals surface area contributed by atoms with E-state index in [1.54, 1.807) is 19.2 Å². The van der Waals surface area contributed by atoms with Gasteiger partial charge in [0.05, 0.1) is 31.2 Å². The van der Waals surface area contributed by atoms with Crippen molar-refractivity contribution in [3.63, 3.8) is 0 Å². The zero-order valence-corrected chi connectivity index (χ0v) is 16.8. The second-order valence-corrected chi connectivity index (χ2v) is 7.41. The second-order valence-electron chi connectivity index (χ2n) is 7.41. The Labute approximate surface area is 170 Å². The summed E-state index contributed by atoms with van der Waals surface area (Å²) in [7, 11) is 1.61. The van der Waals surface area contributed by atoms with Crippen molar-refractivity contribution in [1.29, 1.82) is 0 Å². The van der Waals surface area contributed by atoms with Gasteiger partial charge in [-0.15, -0.1) is 0 Å². The average molecular weight is 397 g/mol. The lowest BCUT2D eigenvalue weighted by Crippen LogP contribution is -2.28. The smallest absolute Gasteiger partial charge is 0.335 e. The SMILES string of the molecule is COc1cc(C(C)NC(=O)Cc2cccc(C(=O)O)c2)ccc1OC1CCCC1. The Hall–Kier alpha value is -3.02. The third kappa shape index (κ3) is 5.50. The molecule has 0 heterocycles. The fraction of sp³-hybridized carbons (Fsp3) is 0.391. The molecule has 0 radical (unpaired) electrons. The van der Waals surface area contributed by atoms with Gasteiger partial charge in [-0.3, -0.25) is 4.79 Å². The maximum atomic E-state index is 12.4. The van der Waals surface area contributed by atoms with Gasteiger partial charge >= 0.3 is 5.97 Å². The summed E-state index contributed by atoms with van der Waals surface area (Å²) in [5, 5.41) is 12.0. The molecule has 0 bridgehead atoms. The van der Waals surface area contributed by atoms with Gasteiger partial charge in [-0.25, -0.2) is 4.79 Å². The number of methoxy groups -OCH3 is 1. The summed E-state index contributed by atoms with van der Waals surface area (Å²) in [6.45, 7) is 1.90. The second kappa shape index (κ2) is 9.45. The quantitative estimate of drug-likeness (QED) is 0.699. The highest BCUT2D eigenvalue weighted by molar-refractivity contribution is 5.88. The molecule has 154 valence electrons. The number of amides is 1. The highest BCUT2D eigenvalue weighted by Crippen LogP contribution is 2.33. The van der Waals surface area contributed by atoms with Crippen LogP contribution in [-0.2, 0) is 11.2 Å². The molecule has 1 atom stereocenters. The highest BCUT2D eigenvalue weighted by Gasteiger charge is 2.19. The molecular formula is C23H27NO5. The normalized spacial score (nSPS) is 15.0. The predicted octanol–water partition coefficient (Wildman–Crippen LogP) is 4.13. The highest BCUT2D eigenvalue weighted by atomic mass is 16.5. The fourth-order valence-electron chi connectivity index (χ4n) is 3.61. The number of nitrogens with one attached hydrogen (secondary N) is 1. The molecular weight excluding hydrogens is 370 g/mol. The number of hydrogen-bond acceptors (Lipinski definition) is 4. The van der Waals surface area contributed by atoms with Gasteiger partial charge < -0.3 is 19.9 Å². The Morgan fingerprint density at radius 1 is 1.14 bits per heavy atom. The van der Waals surface area contributed by atoms with Crippen LogP contribution in [0.2, 0.25) is 0 Å². The predicted molar refractivity (Wildman–Crippen MR) is 110 cm³/mol. The van der Waals surface area contributed by atoms with E-state index in [2.05, 4.69) is 5.32 Å². The number of carboxylic acid groups (broad SMARTS) is 1. The Bertz CT molecular complexity index is 873. The average Bonchev–Trinajstić information content (AvgIpc) is 3.21. The van der Waals surface area contributed by atoms with Crippen LogP contribution in [0.25, 0.3) is 0 Å². The van der Waals surface area contributed by atoms with E-state index < -0.39 is 5.97 Å². The van der Waals surface area contributed by atoms with Crippen LogP contribution in [0.5, 0.6) is 11.5 Å². The molecule has 0 spiro atoms. The third-order valence-corrected chi connectivity index (χ3v) is 5.20. The van der Waals surface area contributed by atoms with Gasteiger partial charge in [-0.1, -0.05) is 18.2 Å². The minimum atomic E-state index is -1.01. The van der Waals surface area contributed by atoms with E-state index in [9.17, 15) is 9.59 Å². The fourth-order valence-corrected chi connectivity index (χ4v) is 3.61. The summed E-state index contributed by atoms with van der Waals surface area (Å²) < 4.78 is 11.6. The van der Waals surface area contributed by atoms with E-state index in [-0.39, 0.29) is 30.0 Å². The topological polar surface area (TPSA) is 84.9 Å². The monoisotopic (exact) mass is 397 g/mol. The molecule has 1 aliphatic carbocycles. The molecule has 0 aliphatic heterocycles. The van der Waals surface area contributed by atoms with Gasteiger partial charge in [0.2, 0.25) is 5.91 Å². The van der Waals surface area contributed by atoms with Crippen molar-refractivity contribution in [2.75, 3.05) is 7.11 Å². The number of carboxylic acids is 1. The number of hydrogen-bond donors (Lipinski definition) is 2. The van der Waals surface area contributed by atoms with Crippen molar-refractivity contribution in [2.24, 2.45) is 0 Å². The maximum Gasteiger partial charge on any atom is 0.335 e. The first kappa shape index (κ1) is 20.7. The lowest BCUT2D eigenvalue weighted by atomic mass is 10.1. The molecule has 1 saturated carbocycles. The molecule has 1 amide bonds. The van der Waals surface area contributed by atoms with Crippen molar-refractivity contribution in [3.05, 3.63) is 59.2 Å². The van der Waals surface area contributed by atoms with Crippen LogP contribution >= 0.6 is 0 Å². The largest absolute Gasteiger partial charge is 0.493 e. The third-order valence-electron chi connectivity index (χ3n) is 5.20. The van der Waals surface area contributed by atoms with Gasteiger partial charge in [0.25, 0.3) is 0 Å². The van der Waals surface area contributed by atoms with E-state index >= 15 is 0 Å². The van der Waals surface area contributed by atoms with Crippen LogP contribution in [0.3, 0.4) is 0 Å². The van der Waals surface area contributed by atoms with Crippen molar-refractivity contribution in [3.8, 4) is 11.5 Å². The van der Waals surface area contributed by atoms with Crippen LogP contribution in [0.15, 0.2) is 42.5 Å². The molecule has 2 aromatic carbocycles. The Morgan fingerprint density at radius 3 is 2.59 bits per heavy atom. The van der Waals surface area contributed by atoms with Crippen LogP contribution < -0.4 is 14.8 Å². The molecule has 6 heteroatoms. The molecule has 0 aromatic heterocycles. The standard InChI is InChI=1S/C23H27NO5/c1-15(24-22(25)13-16-6-5-7-18(12-16)23(26)27)17-10-11-20(21(14-17)28-2)29-19-8-3-4-9-19/h5-7,10-12,14-15,19H,3-4,8-9,13H2,1-2H3,(H,24,25)(H,26,27). The first-order valence-electron chi connectivity index (χ1n) is 9.92. The zero-order chi connectivity index (χ0) is 20.8. The lowest BCUT2D eigenvalue weighted by molar-refractivity contribution is -0.121. The molecule has 6 nitrogen and oxygen atoms in total. The number of benzene rings is 2. The van der Waals surface area contributed by atoms with E-state index in [4.69, 9.17) is 14.6 Å². The summed E-state index contributed by atoms with van der Waals surface area (Å²) in [4.78, 5) is 23.5. The summed E-state index contributed by atoms with van der Waals surface area (Å²) in [5.74, 6) is 0.203. The Balaban J connectivity index is 1.63. The number of carbonyl (C=O) groups excluding carboxylic acids is 1. The first-order chi connectivity index (χ1) is 14.0. The van der Waals surface area contributed by atoms with E-state index in [0.717, 1.165) is 24.2 Å². The molecule has 2 aromatic rings. The molecule has 2 N–H and O–H groups in total. The van der Waals surface area contributed by atoms with Gasteiger partial charge in [0.1, 0.15) is 0 Å². The number of ether oxygens (including phenoxy) is 2. The van der Waals surface area contributed by atoms with E-state index in [1.807, 2.05) is 25.1 Å². The van der Waals surface area contributed by atoms with Gasteiger partial charge in [-0.2, -0.15) is 0 Å². The first-order valence-corrected chi connectivity index (χ1v) is 9.92. The summed E-state index contributed by atoms with van der Waals surface area (Å²) >= 11 is 0. The van der Waals surface area contributed by atoms with E-state index in [0.29, 0.717) is 11.3 Å². The molecule has 1 fully saturated rings. The minimum absolute atomic E-state index is 0.117. The number of carbonyl (C=O) groups is 2. The van der Waals surface area contributed by atoms with Crippen LogP contribution in [0, 0.1) is 0 Å². The molecule has 1 aliphatic rings. The van der Waals surface area contributed by atoms with Crippen molar-refractivity contribution < 1.29 is 24.2 Å². The van der Waals surface area contributed by atoms with Crippen LogP contribution in [-0.4, -0.2) is 30.2 Å². The Morgan fingerprint density at radius 2 is 1.90 bits per heavy atom. The van der Waals surface area contributed by atoms with Crippen molar-refractivity contribution in [1.82, 2.24) is 5.32 Å². The van der Waals surface area contributed by atoms with Gasteiger partial charge in [0, 0.05) is 0 Å². The van der Waals surface area contributed by atoms with Crippen LogP contribution in [0.4, 0.5) is 0 Å². The molecule has 0 saturated heterocycles. The summed E-state index contributed by atoms with van der Waals surface area (Å²) in [6, 6.07) is 11.9. The lowest BCUT2D eigenvalue weighted by Gasteiger charge is -2.19. The number of rotatable bonds is 8. The van der Waals surface area contributed by atoms with Crippen LogP contribution in [0.1, 0.15) is 60.1 Å². The molecule has 29 heavy (non-hydrogen) atoms.